The summed E-state index contributed by atoms with van der Waals surface area (Å²) in [5.41, 5.74) is -0.415. The van der Waals surface area contributed by atoms with Gasteiger partial charge in [-0.3, -0.25) is 14.4 Å². The van der Waals surface area contributed by atoms with Gasteiger partial charge in [0.2, 0.25) is 5.43 Å². The lowest BCUT2D eigenvalue weighted by Crippen LogP contribution is -2.39. The fourth-order valence-corrected chi connectivity index (χ4v) is 3.42. The fraction of sp³-hybridized carbons (Fsp3) is 0.650. The summed E-state index contributed by atoms with van der Waals surface area (Å²) in [7, 11) is 0. The first-order valence-electron chi connectivity index (χ1n) is 9.75. The molecule has 6 heteroatoms. The van der Waals surface area contributed by atoms with E-state index in [2.05, 4.69) is 24.5 Å². The standard InChI is InChI=1S/C20H31N3O3/c1-4-21-19(25)16-12-23(11-14(2)3)13-17(18(16)24)20(26)22-15-9-7-5-6-8-10-15/h12-15H,4-11H2,1-3H3,(H,21,25)(H,22,26). The zero-order valence-corrected chi connectivity index (χ0v) is 16.1. The van der Waals surface area contributed by atoms with E-state index in [4.69, 9.17) is 0 Å². The van der Waals surface area contributed by atoms with Crippen LogP contribution in [0, 0.1) is 5.92 Å². The molecule has 1 aliphatic carbocycles. The Hall–Kier alpha value is -2.11. The van der Waals surface area contributed by atoms with Crippen molar-refractivity contribution in [1.29, 1.82) is 0 Å². The molecule has 1 aromatic heterocycles. The molecule has 144 valence electrons. The third-order valence-corrected chi connectivity index (χ3v) is 4.67. The maximum absolute atomic E-state index is 12.8. The molecule has 1 heterocycles. The number of nitrogens with zero attached hydrogens (tertiary/aromatic N) is 1. The van der Waals surface area contributed by atoms with Crippen LogP contribution in [0.2, 0.25) is 0 Å². The third kappa shape index (κ3) is 5.44. The second-order valence-electron chi connectivity index (χ2n) is 7.53. The lowest BCUT2D eigenvalue weighted by molar-refractivity contribution is 0.0931. The summed E-state index contributed by atoms with van der Waals surface area (Å²) in [6.45, 7) is 6.97. The van der Waals surface area contributed by atoms with Gasteiger partial charge < -0.3 is 15.2 Å². The molecule has 1 saturated carbocycles. The van der Waals surface area contributed by atoms with E-state index in [0.717, 1.165) is 25.7 Å². The number of hydrogen-bond donors (Lipinski definition) is 2. The quantitative estimate of drug-likeness (QED) is 0.765. The zero-order valence-electron chi connectivity index (χ0n) is 16.1. The summed E-state index contributed by atoms with van der Waals surface area (Å²) < 4.78 is 1.78. The highest BCUT2D eigenvalue weighted by molar-refractivity contribution is 5.99. The first kappa shape index (κ1) is 20.2. The molecule has 1 aromatic rings. The van der Waals surface area contributed by atoms with Crippen LogP contribution in [-0.4, -0.2) is 29.0 Å². The molecule has 1 fully saturated rings. The van der Waals surface area contributed by atoms with Gasteiger partial charge in [0.15, 0.2) is 0 Å². The van der Waals surface area contributed by atoms with Crippen LogP contribution in [0.3, 0.4) is 0 Å². The lowest BCUT2D eigenvalue weighted by atomic mass is 10.1. The summed E-state index contributed by atoms with van der Waals surface area (Å²) in [6, 6.07) is 0.107. The van der Waals surface area contributed by atoms with Gasteiger partial charge in [0.1, 0.15) is 11.1 Å². The number of rotatable bonds is 6. The molecule has 0 atom stereocenters. The summed E-state index contributed by atoms with van der Waals surface area (Å²) >= 11 is 0. The molecule has 26 heavy (non-hydrogen) atoms. The van der Waals surface area contributed by atoms with Crippen LogP contribution in [0.1, 0.15) is 80.0 Å². The highest BCUT2D eigenvalue weighted by Gasteiger charge is 2.22. The summed E-state index contributed by atoms with van der Waals surface area (Å²) in [5.74, 6) is -0.470. The predicted molar refractivity (Wildman–Crippen MR) is 103 cm³/mol. The Morgan fingerprint density at radius 3 is 2.19 bits per heavy atom. The first-order chi connectivity index (χ1) is 12.4. The lowest BCUT2D eigenvalue weighted by Gasteiger charge is -2.18. The summed E-state index contributed by atoms with van der Waals surface area (Å²) in [5, 5.41) is 5.67. The Bertz CT molecular complexity index is 686. The zero-order chi connectivity index (χ0) is 19.1. The van der Waals surface area contributed by atoms with Crippen LogP contribution in [0.5, 0.6) is 0 Å². The molecule has 0 spiro atoms. The molecule has 1 aliphatic rings. The van der Waals surface area contributed by atoms with Crippen LogP contribution in [0.4, 0.5) is 0 Å². The predicted octanol–water partition coefficient (Wildman–Crippen LogP) is 2.71. The average Bonchev–Trinajstić information content (AvgIpc) is 2.84. The van der Waals surface area contributed by atoms with Gasteiger partial charge in [0.05, 0.1) is 0 Å². The van der Waals surface area contributed by atoms with Gasteiger partial charge in [0.25, 0.3) is 11.8 Å². The number of nitrogens with one attached hydrogen (secondary N) is 2. The minimum absolute atomic E-state index is 0.0287. The second kappa shape index (κ2) is 9.55. The van der Waals surface area contributed by atoms with Crippen LogP contribution in [0.25, 0.3) is 0 Å². The molecule has 0 radical (unpaired) electrons. The number of aromatic nitrogens is 1. The van der Waals surface area contributed by atoms with Crippen LogP contribution >= 0.6 is 0 Å². The Morgan fingerprint density at radius 2 is 1.65 bits per heavy atom. The van der Waals surface area contributed by atoms with Crippen molar-refractivity contribution in [3.8, 4) is 0 Å². The second-order valence-corrected chi connectivity index (χ2v) is 7.53. The Morgan fingerprint density at radius 1 is 1.08 bits per heavy atom. The van der Waals surface area contributed by atoms with E-state index < -0.39 is 11.3 Å². The van der Waals surface area contributed by atoms with E-state index >= 15 is 0 Å². The van der Waals surface area contributed by atoms with E-state index in [1.807, 2.05) is 0 Å². The average molecular weight is 361 g/mol. The van der Waals surface area contributed by atoms with Crippen molar-refractivity contribution in [3.63, 3.8) is 0 Å². The van der Waals surface area contributed by atoms with Crippen molar-refractivity contribution < 1.29 is 9.59 Å². The van der Waals surface area contributed by atoms with Crippen molar-refractivity contribution in [1.82, 2.24) is 15.2 Å². The molecule has 2 N–H and O–H groups in total. The molecule has 2 amide bonds. The Kier molecular flexibility index (Phi) is 7.42. The normalized spacial score (nSPS) is 15.5. The highest BCUT2D eigenvalue weighted by Crippen LogP contribution is 2.17. The molecule has 2 rings (SSSR count). The van der Waals surface area contributed by atoms with E-state index in [1.54, 1.807) is 23.9 Å². The molecule has 0 aromatic carbocycles. The van der Waals surface area contributed by atoms with Crippen molar-refractivity contribution in [2.45, 2.75) is 71.9 Å². The molecule has 0 unspecified atom stereocenters. The number of amides is 2. The number of pyridine rings is 1. The van der Waals surface area contributed by atoms with E-state index in [1.165, 1.54) is 12.8 Å². The maximum Gasteiger partial charge on any atom is 0.256 e. The number of carbonyl (C=O) groups is 2. The summed E-state index contributed by atoms with van der Waals surface area (Å²) in [6.07, 6.45) is 9.61. The van der Waals surface area contributed by atoms with Crippen molar-refractivity contribution >= 4 is 11.8 Å². The Balaban J connectivity index is 2.31. The third-order valence-electron chi connectivity index (χ3n) is 4.67. The van der Waals surface area contributed by atoms with Gasteiger partial charge in [-0.05, 0) is 25.7 Å². The molecule has 0 saturated heterocycles. The minimum Gasteiger partial charge on any atom is -0.352 e. The fourth-order valence-electron chi connectivity index (χ4n) is 3.42. The van der Waals surface area contributed by atoms with Crippen LogP contribution in [0.15, 0.2) is 17.2 Å². The molecule has 0 bridgehead atoms. The smallest absolute Gasteiger partial charge is 0.256 e. The molecular weight excluding hydrogens is 330 g/mol. The van der Waals surface area contributed by atoms with Gasteiger partial charge in [-0.1, -0.05) is 39.5 Å². The van der Waals surface area contributed by atoms with Gasteiger partial charge in [-0.2, -0.15) is 0 Å². The van der Waals surface area contributed by atoms with Gasteiger partial charge in [-0.15, -0.1) is 0 Å². The molecular formula is C20H31N3O3. The molecule has 0 aliphatic heterocycles. The van der Waals surface area contributed by atoms with Gasteiger partial charge in [0, 0.05) is 31.5 Å². The minimum atomic E-state index is -0.498. The topological polar surface area (TPSA) is 80.2 Å². The van der Waals surface area contributed by atoms with E-state index in [-0.39, 0.29) is 23.1 Å². The van der Waals surface area contributed by atoms with Crippen LogP contribution < -0.4 is 16.1 Å². The Labute approximate surface area is 155 Å². The summed E-state index contributed by atoms with van der Waals surface area (Å²) in [4.78, 5) is 37.8. The van der Waals surface area contributed by atoms with Gasteiger partial charge >= 0.3 is 0 Å². The van der Waals surface area contributed by atoms with Crippen molar-refractivity contribution in [2.24, 2.45) is 5.92 Å². The van der Waals surface area contributed by atoms with Crippen molar-refractivity contribution in [2.75, 3.05) is 6.54 Å². The number of hydrogen-bond acceptors (Lipinski definition) is 3. The van der Waals surface area contributed by atoms with E-state index in [0.29, 0.717) is 19.0 Å². The number of carbonyl (C=O) groups excluding carboxylic acids is 2. The van der Waals surface area contributed by atoms with Gasteiger partial charge in [-0.25, -0.2) is 0 Å². The largest absolute Gasteiger partial charge is 0.352 e. The van der Waals surface area contributed by atoms with E-state index in [9.17, 15) is 14.4 Å². The molecule has 6 nitrogen and oxygen atoms in total. The maximum atomic E-state index is 12.8. The SMILES string of the molecule is CCNC(=O)c1cn(CC(C)C)cc(C(=O)NC2CCCCCC2)c1=O. The van der Waals surface area contributed by atoms with Crippen LogP contribution in [-0.2, 0) is 6.54 Å². The monoisotopic (exact) mass is 361 g/mol. The first-order valence-corrected chi connectivity index (χ1v) is 9.75. The highest BCUT2D eigenvalue weighted by atomic mass is 16.2. The van der Waals surface area contributed by atoms with Crippen molar-refractivity contribution in [3.05, 3.63) is 33.7 Å².